The molecule has 0 spiro atoms. The third kappa shape index (κ3) is 3.51. The van der Waals surface area contributed by atoms with Gasteiger partial charge in [0.25, 0.3) is 11.8 Å². The fourth-order valence-corrected chi connectivity index (χ4v) is 3.83. The molecule has 0 fully saturated rings. The Balaban J connectivity index is 1.55. The molecule has 0 N–H and O–H groups in total. The monoisotopic (exact) mass is 446 g/mol. The summed E-state index contributed by atoms with van der Waals surface area (Å²) in [5.74, 6) is -2.32. The van der Waals surface area contributed by atoms with Crippen LogP contribution in [-0.4, -0.2) is 16.1 Å². The van der Waals surface area contributed by atoms with E-state index in [2.05, 4.69) is 16.3 Å². The van der Waals surface area contributed by atoms with Crippen molar-refractivity contribution >= 4 is 11.6 Å². The van der Waals surface area contributed by atoms with Gasteiger partial charge >= 0.3 is 6.43 Å². The van der Waals surface area contributed by atoms with Crippen LogP contribution in [0.2, 0.25) is 0 Å². The summed E-state index contributed by atoms with van der Waals surface area (Å²) in [6, 6.07) is 18.6. The Morgan fingerprint density at radius 2 is 1.82 bits per heavy atom. The molecule has 0 radical (unpaired) electrons. The minimum Gasteiger partial charge on any atom is -0.415 e. The molecule has 4 aromatic rings. The molecule has 0 saturated heterocycles. The lowest BCUT2D eigenvalue weighted by molar-refractivity contribution is 0.0996. The number of para-hydroxylation sites is 1. The summed E-state index contributed by atoms with van der Waals surface area (Å²) >= 11 is 0. The Hall–Kier alpha value is -4.45. The second-order valence-electron chi connectivity index (χ2n) is 7.33. The molecule has 9 heteroatoms. The molecule has 1 aliphatic rings. The molecular formula is C24H13F3N4O2. The first kappa shape index (κ1) is 20.5. The number of benzene rings is 3. The number of amides is 1. The first-order valence-electron chi connectivity index (χ1n) is 9.82. The van der Waals surface area contributed by atoms with Gasteiger partial charge in [-0.1, -0.05) is 30.3 Å². The van der Waals surface area contributed by atoms with Gasteiger partial charge in [0, 0.05) is 22.3 Å². The molecule has 2 heterocycles. The van der Waals surface area contributed by atoms with Gasteiger partial charge in [-0.15, -0.1) is 10.2 Å². The summed E-state index contributed by atoms with van der Waals surface area (Å²) in [7, 11) is 0. The molecule has 0 saturated carbocycles. The van der Waals surface area contributed by atoms with Gasteiger partial charge in [-0.25, -0.2) is 4.39 Å². The Bertz CT molecular complexity index is 1440. The van der Waals surface area contributed by atoms with Crippen molar-refractivity contribution in [2.45, 2.75) is 13.0 Å². The van der Waals surface area contributed by atoms with E-state index in [1.807, 2.05) is 12.1 Å². The third-order valence-electron chi connectivity index (χ3n) is 5.36. The predicted octanol–water partition coefficient (Wildman–Crippen LogP) is 5.51. The molecular weight excluding hydrogens is 433 g/mol. The van der Waals surface area contributed by atoms with Crippen molar-refractivity contribution in [1.29, 1.82) is 5.26 Å². The fraction of sp³-hybridized carbons (Fsp3) is 0.0833. The molecule has 0 aliphatic carbocycles. The van der Waals surface area contributed by atoms with Gasteiger partial charge in [0.2, 0.25) is 5.89 Å². The Labute approximate surface area is 185 Å². The summed E-state index contributed by atoms with van der Waals surface area (Å²) in [4.78, 5) is 14.7. The van der Waals surface area contributed by atoms with E-state index in [0.29, 0.717) is 16.8 Å². The van der Waals surface area contributed by atoms with Crippen molar-refractivity contribution in [1.82, 2.24) is 10.2 Å². The molecule has 5 rings (SSSR count). The molecule has 162 valence electrons. The average Bonchev–Trinajstić information content (AvgIpc) is 3.45. The van der Waals surface area contributed by atoms with Gasteiger partial charge in [-0.05, 0) is 35.9 Å². The van der Waals surface area contributed by atoms with E-state index in [1.165, 1.54) is 11.0 Å². The minimum atomic E-state index is -2.96. The van der Waals surface area contributed by atoms with Crippen LogP contribution in [0.15, 0.2) is 65.1 Å². The summed E-state index contributed by atoms with van der Waals surface area (Å²) in [6.07, 6.45) is -2.96. The number of halogens is 3. The van der Waals surface area contributed by atoms with Crippen molar-refractivity contribution in [2.75, 3.05) is 4.90 Å². The lowest BCUT2D eigenvalue weighted by Crippen LogP contribution is -2.23. The Morgan fingerprint density at radius 3 is 2.58 bits per heavy atom. The minimum absolute atomic E-state index is 0.0125. The molecule has 6 nitrogen and oxygen atoms in total. The summed E-state index contributed by atoms with van der Waals surface area (Å²) < 4.78 is 45.4. The smallest absolute Gasteiger partial charge is 0.314 e. The number of fused-ring (bicyclic) bond motifs is 1. The van der Waals surface area contributed by atoms with E-state index < -0.39 is 24.0 Å². The highest BCUT2D eigenvalue weighted by Crippen LogP contribution is 2.38. The third-order valence-corrected chi connectivity index (χ3v) is 5.36. The number of hydrogen-bond acceptors (Lipinski definition) is 5. The number of aromatic nitrogens is 2. The maximum Gasteiger partial charge on any atom is 0.314 e. The normalized spacial score (nSPS) is 12.8. The molecule has 3 aromatic carbocycles. The maximum absolute atomic E-state index is 14.9. The van der Waals surface area contributed by atoms with Crippen LogP contribution in [0, 0.1) is 17.1 Å². The number of nitriles is 1. The highest BCUT2D eigenvalue weighted by Gasteiger charge is 2.33. The second kappa shape index (κ2) is 7.91. The number of carbonyl (C=O) groups is 1. The lowest BCUT2D eigenvalue weighted by Gasteiger charge is -2.20. The summed E-state index contributed by atoms with van der Waals surface area (Å²) in [5, 5.41) is 16.0. The van der Waals surface area contributed by atoms with Crippen LogP contribution < -0.4 is 4.90 Å². The van der Waals surface area contributed by atoms with Gasteiger partial charge in [-0.3, -0.25) is 4.79 Å². The van der Waals surface area contributed by atoms with Crippen molar-refractivity contribution in [3.63, 3.8) is 0 Å². The second-order valence-corrected chi connectivity index (χ2v) is 7.33. The zero-order valence-electron chi connectivity index (χ0n) is 16.8. The van der Waals surface area contributed by atoms with E-state index in [4.69, 9.17) is 4.42 Å². The zero-order chi connectivity index (χ0) is 23.1. The predicted molar refractivity (Wildman–Crippen MR) is 112 cm³/mol. The van der Waals surface area contributed by atoms with E-state index in [1.54, 1.807) is 36.4 Å². The molecule has 1 amide bonds. The Morgan fingerprint density at radius 1 is 1.00 bits per heavy atom. The quantitative estimate of drug-likeness (QED) is 0.413. The van der Waals surface area contributed by atoms with Crippen molar-refractivity contribution < 1.29 is 22.4 Å². The van der Waals surface area contributed by atoms with Gasteiger partial charge in [-0.2, -0.15) is 14.0 Å². The first-order chi connectivity index (χ1) is 16.0. The topological polar surface area (TPSA) is 83.0 Å². The number of nitrogens with zero attached hydrogens (tertiary/aromatic N) is 4. The Kier molecular flexibility index (Phi) is 4.90. The number of alkyl halides is 2. The fourth-order valence-electron chi connectivity index (χ4n) is 3.83. The van der Waals surface area contributed by atoms with E-state index in [9.17, 15) is 23.2 Å². The van der Waals surface area contributed by atoms with Crippen LogP contribution in [-0.2, 0) is 6.54 Å². The SMILES string of the molecule is N#Cc1cccc(-c2ccccc2N2Cc3c(F)cc(-c4nnc(C(F)F)o4)cc3C2=O)c1. The molecule has 33 heavy (non-hydrogen) atoms. The van der Waals surface area contributed by atoms with Gasteiger partial charge in [0.05, 0.1) is 23.9 Å². The van der Waals surface area contributed by atoms with Crippen LogP contribution >= 0.6 is 0 Å². The summed E-state index contributed by atoms with van der Waals surface area (Å²) in [6.45, 7) is -0.0125. The van der Waals surface area contributed by atoms with Crippen molar-refractivity contribution in [3.05, 3.63) is 89.1 Å². The standard InChI is InChI=1S/C24H13F3N4O2/c25-19-10-15(22-29-30-23(33-22)21(26)27)9-17-18(19)12-31(24(17)32)20-7-2-1-6-16(20)14-5-3-4-13(8-14)11-28/h1-10,21H,12H2. The molecule has 0 unspecified atom stereocenters. The van der Waals surface area contributed by atoms with E-state index >= 15 is 0 Å². The highest BCUT2D eigenvalue weighted by molar-refractivity contribution is 6.12. The van der Waals surface area contributed by atoms with Crippen LogP contribution in [0.1, 0.15) is 33.8 Å². The maximum atomic E-state index is 14.9. The van der Waals surface area contributed by atoms with Crippen LogP contribution in [0.3, 0.4) is 0 Å². The highest BCUT2D eigenvalue weighted by atomic mass is 19.3. The molecule has 0 atom stereocenters. The largest absolute Gasteiger partial charge is 0.415 e. The van der Waals surface area contributed by atoms with Crippen molar-refractivity contribution in [2.24, 2.45) is 0 Å². The van der Waals surface area contributed by atoms with Crippen LogP contribution in [0.4, 0.5) is 18.9 Å². The van der Waals surface area contributed by atoms with Crippen LogP contribution in [0.25, 0.3) is 22.6 Å². The number of anilines is 1. The van der Waals surface area contributed by atoms with E-state index in [0.717, 1.165) is 11.6 Å². The molecule has 0 bridgehead atoms. The van der Waals surface area contributed by atoms with Gasteiger partial charge in [0.15, 0.2) is 0 Å². The van der Waals surface area contributed by atoms with Crippen LogP contribution in [0.5, 0.6) is 0 Å². The summed E-state index contributed by atoms with van der Waals surface area (Å²) in [5.41, 5.74) is 2.76. The number of carbonyl (C=O) groups excluding carboxylic acids is 1. The molecule has 1 aromatic heterocycles. The number of rotatable bonds is 4. The van der Waals surface area contributed by atoms with E-state index in [-0.39, 0.29) is 29.1 Å². The zero-order valence-corrected chi connectivity index (χ0v) is 16.8. The van der Waals surface area contributed by atoms with Gasteiger partial charge in [0.1, 0.15) is 5.82 Å². The average molecular weight is 446 g/mol. The molecule has 1 aliphatic heterocycles. The van der Waals surface area contributed by atoms with Crippen molar-refractivity contribution in [3.8, 4) is 28.7 Å². The number of hydrogen-bond donors (Lipinski definition) is 0. The first-order valence-corrected chi connectivity index (χ1v) is 9.82. The lowest BCUT2D eigenvalue weighted by atomic mass is 10.0. The van der Waals surface area contributed by atoms with Gasteiger partial charge < -0.3 is 9.32 Å².